The van der Waals surface area contributed by atoms with Crippen LogP contribution in [-0.2, 0) is 4.74 Å². The number of hydrogen-bond donors (Lipinski definition) is 1. The third-order valence-corrected chi connectivity index (χ3v) is 7.73. The van der Waals surface area contributed by atoms with Crippen LogP contribution in [0.15, 0.2) is 48.9 Å². The number of nitrogens with zero attached hydrogens (tertiary/aromatic N) is 6. The van der Waals surface area contributed by atoms with E-state index in [4.69, 9.17) is 19.5 Å². The van der Waals surface area contributed by atoms with Crippen LogP contribution in [0, 0.1) is 28.5 Å². The minimum absolute atomic E-state index is 0.0182. The van der Waals surface area contributed by atoms with E-state index in [-0.39, 0.29) is 5.75 Å². The number of fused-ring (bicyclic) bond motifs is 2. The topological polar surface area (TPSA) is 156 Å². The summed E-state index contributed by atoms with van der Waals surface area (Å²) in [5, 5.41) is 21.7. The molecule has 1 fully saturated rings. The van der Waals surface area contributed by atoms with Crippen LogP contribution in [-0.4, -0.2) is 45.3 Å². The number of aromatic nitrogens is 4. The van der Waals surface area contributed by atoms with Crippen molar-refractivity contribution < 1.29 is 23.4 Å². The van der Waals surface area contributed by atoms with E-state index in [1.54, 1.807) is 18.2 Å². The van der Waals surface area contributed by atoms with Gasteiger partial charge in [0.2, 0.25) is 5.88 Å². The normalized spacial score (nSPS) is 16.1. The number of benzene rings is 2. The predicted octanol–water partition coefficient (Wildman–Crippen LogP) is 5.74. The molecule has 2 aromatic carbocycles. The van der Waals surface area contributed by atoms with E-state index in [0.29, 0.717) is 67.4 Å². The predicted molar refractivity (Wildman–Crippen MR) is 150 cm³/mol. The van der Waals surface area contributed by atoms with Crippen molar-refractivity contribution in [1.82, 2.24) is 19.9 Å². The van der Waals surface area contributed by atoms with Gasteiger partial charge in [-0.2, -0.15) is 10.5 Å². The van der Waals surface area contributed by atoms with Gasteiger partial charge >= 0.3 is 6.09 Å². The number of ether oxygens (including phenoxy) is 3. The molecular weight excluding hydrogens is 561 g/mol. The van der Waals surface area contributed by atoms with E-state index in [2.05, 4.69) is 31.3 Å². The van der Waals surface area contributed by atoms with Crippen molar-refractivity contribution in [2.24, 2.45) is 0 Å². The molecule has 42 heavy (non-hydrogen) atoms. The standard InChI is InChI=1S/C29H20FN7O4S/c1-39-26-14-34-27-18(6-15(10-31)7-21(27)36-26)28-37-20-8-19(30)24(9-25(20)42-28)40-22-3-2-4-23(22)41-29(38)35-17-5-16(11-32)12-33-13-17/h5-9,12-14,22-23H,2-4H2,1H3,(H,35,38)/t22-,23+/m1/s1. The van der Waals surface area contributed by atoms with Gasteiger partial charge in [-0.15, -0.1) is 11.3 Å². The van der Waals surface area contributed by atoms with Crippen LogP contribution < -0.4 is 14.8 Å². The molecule has 6 rings (SSSR count). The number of nitriles is 2. The Morgan fingerprint density at radius 3 is 2.67 bits per heavy atom. The van der Waals surface area contributed by atoms with E-state index < -0.39 is 24.1 Å². The van der Waals surface area contributed by atoms with Gasteiger partial charge in [0.05, 0.1) is 63.6 Å². The second-order valence-corrected chi connectivity index (χ2v) is 10.4. The van der Waals surface area contributed by atoms with Crippen molar-refractivity contribution in [2.75, 3.05) is 12.4 Å². The first-order valence-corrected chi connectivity index (χ1v) is 13.6. The zero-order valence-corrected chi connectivity index (χ0v) is 22.8. The maximum absolute atomic E-state index is 15.2. The summed E-state index contributed by atoms with van der Waals surface area (Å²) in [7, 11) is 1.48. The summed E-state index contributed by atoms with van der Waals surface area (Å²) >= 11 is 1.30. The first kappa shape index (κ1) is 26.8. The fourth-order valence-corrected chi connectivity index (χ4v) is 5.74. The number of amides is 1. The Kier molecular flexibility index (Phi) is 7.17. The molecule has 3 heterocycles. The molecule has 0 spiro atoms. The van der Waals surface area contributed by atoms with E-state index >= 15 is 4.39 Å². The van der Waals surface area contributed by atoms with Gasteiger partial charge in [-0.3, -0.25) is 10.3 Å². The quantitative estimate of drug-likeness (QED) is 0.262. The Morgan fingerprint density at radius 2 is 1.86 bits per heavy atom. The molecule has 1 aliphatic rings. The molecule has 2 atom stereocenters. The molecule has 0 unspecified atom stereocenters. The molecule has 0 bridgehead atoms. The Morgan fingerprint density at radius 1 is 1.02 bits per heavy atom. The van der Waals surface area contributed by atoms with Crippen LogP contribution in [0.1, 0.15) is 30.4 Å². The lowest BCUT2D eigenvalue weighted by Gasteiger charge is -2.22. The van der Waals surface area contributed by atoms with Gasteiger partial charge in [0.25, 0.3) is 0 Å². The van der Waals surface area contributed by atoms with Crippen molar-refractivity contribution in [1.29, 1.82) is 10.5 Å². The van der Waals surface area contributed by atoms with Crippen molar-refractivity contribution in [3.8, 4) is 34.3 Å². The van der Waals surface area contributed by atoms with Gasteiger partial charge in [-0.25, -0.2) is 24.1 Å². The molecule has 1 N–H and O–H groups in total. The molecular formula is C29H20FN7O4S. The van der Waals surface area contributed by atoms with Crippen molar-refractivity contribution >= 4 is 44.4 Å². The molecule has 1 aliphatic carbocycles. The van der Waals surface area contributed by atoms with Crippen LogP contribution in [0.5, 0.6) is 11.6 Å². The van der Waals surface area contributed by atoms with Crippen LogP contribution >= 0.6 is 11.3 Å². The third-order valence-electron chi connectivity index (χ3n) is 6.68. The summed E-state index contributed by atoms with van der Waals surface area (Å²) in [6.07, 6.45) is 4.26. The number of thiazole rings is 1. The lowest BCUT2D eigenvalue weighted by atomic mass is 10.1. The lowest BCUT2D eigenvalue weighted by molar-refractivity contribution is 0.0401. The summed E-state index contributed by atoms with van der Waals surface area (Å²) in [6.45, 7) is 0. The summed E-state index contributed by atoms with van der Waals surface area (Å²) in [4.78, 5) is 29.9. The highest BCUT2D eigenvalue weighted by Gasteiger charge is 2.33. The first-order valence-electron chi connectivity index (χ1n) is 12.8. The third kappa shape index (κ3) is 5.33. The Balaban J connectivity index is 1.24. The molecule has 13 heteroatoms. The maximum atomic E-state index is 15.2. The zero-order valence-electron chi connectivity index (χ0n) is 22.0. The summed E-state index contributed by atoms with van der Waals surface area (Å²) in [5.41, 5.74) is 3.02. The number of halogens is 1. The Hall–Kier alpha value is -5.40. The zero-order chi connectivity index (χ0) is 29.2. The average Bonchev–Trinajstić information content (AvgIpc) is 3.62. The highest BCUT2D eigenvalue weighted by atomic mass is 32.1. The van der Waals surface area contributed by atoms with E-state index in [1.165, 1.54) is 49.2 Å². The van der Waals surface area contributed by atoms with Crippen molar-refractivity contribution in [3.05, 3.63) is 65.9 Å². The minimum Gasteiger partial charge on any atom is -0.483 e. The highest BCUT2D eigenvalue weighted by Crippen LogP contribution is 2.38. The first-order chi connectivity index (χ1) is 20.4. The van der Waals surface area contributed by atoms with Gasteiger partial charge in [0, 0.05) is 23.9 Å². The van der Waals surface area contributed by atoms with Crippen molar-refractivity contribution in [2.45, 2.75) is 31.5 Å². The number of carbonyl (C=O) groups is 1. The summed E-state index contributed by atoms with van der Waals surface area (Å²) in [5.74, 6) is -0.271. The smallest absolute Gasteiger partial charge is 0.412 e. The molecule has 3 aromatic heterocycles. The van der Waals surface area contributed by atoms with E-state index in [0.717, 1.165) is 6.42 Å². The SMILES string of the molecule is COc1cnc2c(-c3nc4cc(F)c(O[C@@H]5CCC[C@@H]5OC(=O)Nc5cncc(C#N)c5)cc4s3)cc(C#N)cc2n1. The largest absolute Gasteiger partial charge is 0.483 e. The number of anilines is 1. The average molecular weight is 582 g/mol. The number of carbonyl (C=O) groups excluding carboxylic acids is 1. The fraction of sp³-hybridized carbons (Fsp3) is 0.207. The number of pyridine rings is 1. The van der Waals surface area contributed by atoms with Gasteiger partial charge in [0.15, 0.2) is 11.6 Å². The van der Waals surface area contributed by atoms with Crippen LogP contribution in [0.25, 0.3) is 31.8 Å². The monoisotopic (exact) mass is 581 g/mol. The molecule has 5 aromatic rings. The Labute approximate surface area is 242 Å². The summed E-state index contributed by atoms with van der Waals surface area (Å²) in [6, 6.07) is 11.7. The second-order valence-electron chi connectivity index (χ2n) is 9.42. The minimum atomic E-state index is -0.719. The molecule has 11 nitrogen and oxygen atoms in total. The fourth-order valence-electron chi connectivity index (χ4n) is 4.75. The van der Waals surface area contributed by atoms with Gasteiger partial charge in [-0.1, -0.05) is 0 Å². The van der Waals surface area contributed by atoms with Gasteiger partial charge < -0.3 is 14.2 Å². The molecule has 0 saturated heterocycles. The highest BCUT2D eigenvalue weighted by molar-refractivity contribution is 7.21. The van der Waals surface area contributed by atoms with Crippen LogP contribution in [0.3, 0.4) is 0 Å². The van der Waals surface area contributed by atoms with E-state index in [1.807, 2.05) is 6.07 Å². The molecule has 1 saturated carbocycles. The molecule has 1 amide bonds. The Bertz CT molecular complexity index is 1930. The second kappa shape index (κ2) is 11.2. The maximum Gasteiger partial charge on any atom is 0.412 e. The summed E-state index contributed by atoms with van der Waals surface area (Å²) < 4.78 is 32.6. The van der Waals surface area contributed by atoms with Crippen LogP contribution in [0.4, 0.5) is 14.9 Å². The van der Waals surface area contributed by atoms with Gasteiger partial charge in [0.1, 0.15) is 23.3 Å². The molecule has 0 aliphatic heterocycles. The number of nitrogens with one attached hydrogen (secondary N) is 1. The number of rotatable bonds is 6. The molecule has 0 radical (unpaired) electrons. The number of hydrogen-bond acceptors (Lipinski definition) is 11. The van der Waals surface area contributed by atoms with Crippen LogP contribution in [0.2, 0.25) is 0 Å². The molecule has 208 valence electrons. The van der Waals surface area contributed by atoms with Gasteiger partial charge in [-0.05, 0) is 37.5 Å². The van der Waals surface area contributed by atoms with Crippen molar-refractivity contribution in [3.63, 3.8) is 0 Å². The lowest BCUT2D eigenvalue weighted by Crippen LogP contribution is -2.32. The number of methoxy groups -OCH3 is 1. The van der Waals surface area contributed by atoms with E-state index in [9.17, 15) is 10.1 Å².